The van der Waals surface area contributed by atoms with E-state index < -0.39 is 10.8 Å². The third-order valence-electron chi connectivity index (χ3n) is 34.5. The predicted molar refractivity (Wildman–Crippen MR) is 620 cm³/mol. The first-order valence-corrected chi connectivity index (χ1v) is 52.1. The zero-order chi connectivity index (χ0) is 97.5. The fourth-order valence-electron chi connectivity index (χ4n) is 28.2. The molecule has 0 amide bonds. The summed E-state index contributed by atoms with van der Waals surface area (Å²) in [7, 11) is 0. The molecule has 23 aromatic carbocycles. The van der Waals surface area contributed by atoms with Crippen molar-refractivity contribution in [2.24, 2.45) is 0 Å². The van der Waals surface area contributed by atoms with Crippen LogP contribution >= 0.6 is 0 Å². The van der Waals surface area contributed by atoms with Gasteiger partial charge in [0.1, 0.15) is 0 Å². The average Bonchev–Trinajstić information content (AvgIpc) is 1.51. The first kappa shape index (κ1) is 82.3. The lowest BCUT2D eigenvalue weighted by Gasteiger charge is -2.34. The highest BCUT2D eigenvalue weighted by atomic mass is 15.0. The van der Waals surface area contributed by atoms with E-state index in [9.17, 15) is 0 Å². The van der Waals surface area contributed by atoms with Crippen molar-refractivity contribution in [3.8, 4) is 112 Å². The molecule has 1 aliphatic heterocycles. The normalized spacial score (nSPS) is 13.7. The minimum Gasteiger partial charge on any atom is -0.309 e. The van der Waals surface area contributed by atoms with Crippen LogP contribution in [0.25, 0.3) is 243 Å². The van der Waals surface area contributed by atoms with Gasteiger partial charge in [0.25, 0.3) is 0 Å². The van der Waals surface area contributed by atoms with Gasteiger partial charge in [0, 0.05) is 98.5 Å². The van der Waals surface area contributed by atoms with Gasteiger partial charge in [-0.25, -0.2) is 0 Å². The quantitative estimate of drug-likeness (QED) is 0.145. The van der Waals surface area contributed by atoms with Gasteiger partial charge in [-0.2, -0.15) is 0 Å². The molecule has 29 aromatic rings. The summed E-state index contributed by atoms with van der Waals surface area (Å²) in [6, 6.07) is 192. The van der Waals surface area contributed by atoms with Crippen molar-refractivity contribution in [1.82, 2.24) is 27.4 Å². The summed E-state index contributed by atoms with van der Waals surface area (Å²) in [6.45, 7) is 4.75. The molecular weight excluding hydrogens is 1800 g/mol. The standard InChI is InChI=1S/C76H49N3.C67H41N3/c1-75(2)65-29-15-16-31-72(65)79-71-38-34-48(41-57(71)55-25-17-30-66(75)74(55)79)49-33-37-69-59(42-49)61-44-56-54-24-11-14-28-64(54)76(62-26-12-9-22-52(62)53-23-10-13-27-63(53)76)67(56)45-73(61)78(69)51-35-39-70-60(43-51)58-40-47(46-18-5-3-6-19-46)32-36-68(58)77(70)50-20-7-4-8-21-50;1-3-17-44(18-4-1)68-61-29-15-10-24-50(61)53-37-42(31-34-63(53)68)43-32-35-64-54(38-43)56-40-52-49-23-9-14-28-59(49)67(57-26-12-7-21-47(57)48-22-8-13-27-58(48)67)60(52)41-66(56)70(64)46-33-36-65-55(39-46)51-25-11-16-30-62(51)69(65)45-19-5-2-6-20-45/h3-45H,1-2H3;1-41H. The van der Waals surface area contributed by atoms with Crippen LogP contribution in [-0.2, 0) is 16.2 Å². The lowest BCUT2D eigenvalue weighted by Crippen LogP contribution is -2.26. The summed E-state index contributed by atoms with van der Waals surface area (Å²) in [5.74, 6) is 0. The molecule has 149 heavy (non-hydrogen) atoms. The molecule has 7 heterocycles. The van der Waals surface area contributed by atoms with Crippen molar-refractivity contribution < 1.29 is 0 Å². The highest BCUT2D eigenvalue weighted by molar-refractivity contribution is 6.20. The predicted octanol–water partition coefficient (Wildman–Crippen LogP) is 36.3. The van der Waals surface area contributed by atoms with Crippen LogP contribution in [0, 0.1) is 0 Å². The maximum Gasteiger partial charge on any atom is 0.0726 e. The largest absolute Gasteiger partial charge is 0.309 e. The van der Waals surface area contributed by atoms with Crippen LogP contribution < -0.4 is 0 Å². The van der Waals surface area contributed by atoms with Crippen LogP contribution in [0.4, 0.5) is 0 Å². The Balaban J connectivity index is 0.000000130. The topological polar surface area (TPSA) is 29.6 Å². The summed E-state index contributed by atoms with van der Waals surface area (Å²) in [6.07, 6.45) is 0. The molecule has 0 unspecified atom stereocenters. The number of rotatable bonds is 8. The third kappa shape index (κ3) is 11.1. The Hall–Kier alpha value is -19.1. The minimum absolute atomic E-state index is 0.123. The van der Waals surface area contributed by atoms with Crippen molar-refractivity contribution in [3.05, 3.63) is 565 Å². The Labute approximate surface area is 859 Å². The zero-order valence-electron chi connectivity index (χ0n) is 81.7. The highest BCUT2D eigenvalue weighted by Gasteiger charge is 2.54. The van der Waals surface area contributed by atoms with Crippen molar-refractivity contribution in [1.29, 1.82) is 0 Å². The second kappa shape index (κ2) is 30.5. The van der Waals surface area contributed by atoms with E-state index >= 15 is 0 Å². The third-order valence-corrected chi connectivity index (χ3v) is 34.5. The van der Waals surface area contributed by atoms with E-state index in [1.807, 2.05) is 0 Å². The number of aromatic nitrogens is 6. The second-order valence-corrected chi connectivity index (χ2v) is 41.9. The second-order valence-electron chi connectivity index (χ2n) is 41.9. The number of para-hydroxylation sites is 7. The Kier molecular flexibility index (Phi) is 16.8. The molecule has 0 radical (unpaired) electrons. The van der Waals surface area contributed by atoms with Gasteiger partial charge in [-0.05, 0) is 309 Å². The van der Waals surface area contributed by atoms with Gasteiger partial charge in [0.2, 0.25) is 0 Å². The molecule has 6 heteroatoms. The summed E-state index contributed by atoms with van der Waals surface area (Å²) in [4.78, 5) is 0. The Morgan fingerprint density at radius 1 is 0.134 bits per heavy atom. The zero-order valence-corrected chi connectivity index (χ0v) is 81.7. The SMILES string of the molecule is CC1(C)c2ccccc2-n2c3ccc(-c4ccc5c(c4)c4cc6c(cc4n5-c4ccc5c(c4)c4cc(-c7ccccc7)ccc4n5-c4ccccc4)C4(c5ccccc5-c5ccccc54)c4ccccc4-6)cc3c3cccc1c32.c1ccc(-n2c3ccccc3c3cc(-c4ccc5c(c4)c4cc6c(cc4n5-c4ccc5c(c4)c4ccccc4n5-c4ccccc4)C4(c5ccccc5-c5ccccc54)c4ccccc4-6)ccc32)cc1. The number of hydrogen-bond acceptors (Lipinski definition) is 0. The monoisotopic (exact) mass is 1890 g/mol. The van der Waals surface area contributed by atoms with E-state index in [4.69, 9.17) is 0 Å². The molecule has 0 saturated carbocycles. The van der Waals surface area contributed by atoms with Crippen LogP contribution in [0.3, 0.4) is 0 Å². The minimum atomic E-state index is -0.480. The maximum atomic E-state index is 2.58. The van der Waals surface area contributed by atoms with E-state index in [-0.39, 0.29) is 5.41 Å². The fourth-order valence-corrected chi connectivity index (χ4v) is 28.2. The van der Waals surface area contributed by atoms with Gasteiger partial charge in [0.15, 0.2) is 0 Å². The van der Waals surface area contributed by atoms with Gasteiger partial charge in [-0.15, -0.1) is 0 Å². The lowest BCUT2D eigenvalue weighted by atomic mass is 9.70. The summed E-state index contributed by atoms with van der Waals surface area (Å²) < 4.78 is 14.9. The molecule has 0 N–H and O–H groups in total. The molecule has 0 bridgehead atoms. The van der Waals surface area contributed by atoms with E-state index in [1.54, 1.807) is 0 Å². The van der Waals surface area contributed by atoms with Crippen molar-refractivity contribution in [2.75, 3.05) is 0 Å². The fraction of sp³-hybridized carbons (Fsp3) is 0.0350. The lowest BCUT2D eigenvalue weighted by molar-refractivity contribution is 0.630. The molecule has 0 fully saturated rings. The van der Waals surface area contributed by atoms with E-state index in [0.29, 0.717) is 0 Å². The van der Waals surface area contributed by atoms with E-state index in [1.165, 1.54) is 276 Å². The van der Waals surface area contributed by atoms with Gasteiger partial charge in [0.05, 0.1) is 82.7 Å². The van der Waals surface area contributed by atoms with Crippen LogP contribution in [-0.4, -0.2) is 27.4 Å². The molecule has 4 aliphatic carbocycles. The number of hydrogen-bond donors (Lipinski definition) is 0. The molecule has 0 saturated heterocycles. The number of fused-ring (bicyclic) bond motifs is 40. The van der Waals surface area contributed by atoms with E-state index in [2.05, 4.69) is 551 Å². The van der Waals surface area contributed by atoms with Gasteiger partial charge in [-0.3, -0.25) is 0 Å². The number of nitrogens with zero attached hydrogens (tertiary/aromatic N) is 6. The maximum absolute atomic E-state index is 2.58. The first-order chi connectivity index (χ1) is 73.7. The van der Waals surface area contributed by atoms with Crippen LogP contribution in [0.1, 0.15) is 69.5 Å². The smallest absolute Gasteiger partial charge is 0.0726 e. The summed E-state index contributed by atoms with van der Waals surface area (Å²) >= 11 is 0. The van der Waals surface area contributed by atoms with E-state index in [0.717, 1.165) is 22.7 Å². The summed E-state index contributed by atoms with van der Waals surface area (Å²) in [5.41, 5.74) is 51.6. The average molecular weight is 1890 g/mol. The Morgan fingerprint density at radius 2 is 0.389 bits per heavy atom. The highest BCUT2D eigenvalue weighted by Crippen LogP contribution is 2.67. The van der Waals surface area contributed by atoms with Gasteiger partial charge in [-0.1, -0.05) is 347 Å². The van der Waals surface area contributed by atoms with Crippen LogP contribution in [0.5, 0.6) is 0 Å². The molecule has 0 atom stereocenters. The molecule has 34 rings (SSSR count). The van der Waals surface area contributed by atoms with Gasteiger partial charge >= 0.3 is 0 Å². The Bertz CT molecular complexity index is 10800. The van der Waals surface area contributed by atoms with Crippen molar-refractivity contribution in [3.63, 3.8) is 0 Å². The van der Waals surface area contributed by atoms with Crippen molar-refractivity contribution in [2.45, 2.75) is 30.1 Å². The molecule has 6 aromatic heterocycles. The first-order valence-electron chi connectivity index (χ1n) is 52.1. The molecule has 692 valence electrons. The Morgan fingerprint density at radius 3 is 0.779 bits per heavy atom. The summed E-state index contributed by atoms with van der Waals surface area (Å²) in [5, 5.41) is 15.0. The number of benzene rings is 23. The van der Waals surface area contributed by atoms with Crippen LogP contribution in [0.2, 0.25) is 0 Å². The van der Waals surface area contributed by atoms with Crippen LogP contribution in [0.15, 0.2) is 510 Å². The molecule has 6 nitrogen and oxygen atoms in total. The molecule has 2 spiro atoms. The molecular formula is C143H90N6. The van der Waals surface area contributed by atoms with Crippen molar-refractivity contribution >= 4 is 131 Å². The molecule has 5 aliphatic rings. The van der Waals surface area contributed by atoms with Gasteiger partial charge < -0.3 is 27.4 Å².